The zero-order chi connectivity index (χ0) is 18.4. The van der Waals surface area contributed by atoms with Crippen LogP contribution in [0.4, 0.5) is 5.13 Å². The molecule has 0 spiro atoms. The Morgan fingerprint density at radius 1 is 1.19 bits per heavy atom. The minimum absolute atomic E-state index is 0.161. The highest BCUT2D eigenvalue weighted by atomic mass is 35.5. The third-order valence-corrected chi connectivity index (χ3v) is 7.85. The second-order valence-corrected chi connectivity index (χ2v) is 9.50. The Bertz CT molecular complexity index is 855. The molecule has 1 aliphatic heterocycles. The van der Waals surface area contributed by atoms with Crippen molar-refractivity contribution in [2.75, 3.05) is 18.5 Å². The van der Waals surface area contributed by atoms with Crippen molar-refractivity contribution in [3.05, 3.63) is 34.7 Å². The molecule has 1 unspecified atom stereocenters. The molecular formula is C21H23ClN2O2S. The van der Waals surface area contributed by atoms with Gasteiger partial charge in [0.25, 0.3) is 0 Å². The number of rotatable bonds is 4. The Kier molecular flexibility index (Phi) is 4.49. The molecule has 4 nitrogen and oxygen atoms in total. The van der Waals surface area contributed by atoms with Gasteiger partial charge in [-0.05, 0) is 55.9 Å². The fraction of sp³-hybridized carbons (Fsp3) is 0.524. The summed E-state index contributed by atoms with van der Waals surface area (Å²) in [5.41, 5.74) is 1.55. The molecule has 27 heavy (non-hydrogen) atoms. The fourth-order valence-electron chi connectivity index (χ4n) is 5.36. The standard InChI is InChI=1S/C21H23ClN2O2S/c22-17-4-2-1-3-15(17)18-12-27-20(23-18)24-19(25)21-9-14(10-21)16(11-21)13-5-7-26-8-6-13/h1-4,12-14,16H,5-11H2,(H,23,24,25). The van der Waals surface area contributed by atoms with Gasteiger partial charge in [-0.2, -0.15) is 0 Å². The van der Waals surface area contributed by atoms with Crippen molar-refractivity contribution in [1.29, 1.82) is 0 Å². The zero-order valence-corrected chi connectivity index (χ0v) is 16.7. The third kappa shape index (κ3) is 3.10. The summed E-state index contributed by atoms with van der Waals surface area (Å²) in [5, 5.41) is 6.40. The second-order valence-electron chi connectivity index (χ2n) is 8.24. The predicted molar refractivity (Wildman–Crippen MR) is 108 cm³/mol. The van der Waals surface area contributed by atoms with Gasteiger partial charge >= 0.3 is 0 Å². The van der Waals surface area contributed by atoms with E-state index < -0.39 is 0 Å². The van der Waals surface area contributed by atoms with Gasteiger partial charge in [-0.15, -0.1) is 11.3 Å². The summed E-state index contributed by atoms with van der Waals surface area (Å²) in [7, 11) is 0. The van der Waals surface area contributed by atoms with E-state index in [1.165, 1.54) is 11.3 Å². The summed E-state index contributed by atoms with van der Waals surface area (Å²) in [4.78, 5) is 17.6. The smallest absolute Gasteiger partial charge is 0.232 e. The lowest BCUT2D eigenvalue weighted by atomic mass is 9.68. The Morgan fingerprint density at radius 2 is 1.96 bits per heavy atom. The molecule has 3 saturated carbocycles. The SMILES string of the molecule is O=C(Nc1nc(-c2ccccc2Cl)cs1)C12CC(C1)C(C1CCOCC1)C2. The van der Waals surface area contributed by atoms with Gasteiger partial charge in [-0.3, -0.25) is 4.79 Å². The Morgan fingerprint density at radius 3 is 2.74 bits per heavy atom. The lowest BCUT2D eigenvalue weighted by Crippen LogP contribution is -2.40. The number of hydrogen-bond donors (Lipinski definition) is 1. The summed E-state index contributed by atoms with van der Waals surface area (Å²) in [6.45, 7) is 1.77. The highest BCUT2D eigenvalue weighted by molar-refractivity contribution is 7.14. The highest BCUT2D eigenvalue weighted by Crippen LogP contribution is 2.64. The van der Waals surface area contributed by atoms with E-state index in [0.717, 1.165) is 68.4 Å². The molecule has 0 radical (unpaired) electrons. The van der Waals surface area contributed by atoms with Crippen molar-refractivity contribution < 1.29 is 9.53 Å². The molecule has 4 aliphatic rings. The Balaban J connectivity index is 1.26. The third-order valence-electron chi connectivity index (χ3n) is 6.77. The molecule has 142 valence electrons. The van der Waals surface area contributed by atoms with E-state index in [0.29, 0.717) is 16.1 Å². The number of halogens is 1. The summed E-state index contributed by atoms with van der Waals surface area (Å²) in [6.07, 6.45) is 5.45. The summed E-state index contributed by atoms with van der Waals surface area (Å²) < 4.78 is 5.51. The van der Waals surface area contributed by atoms with E-state index in [2.05, 4.69) is 10.3 Å². The van der Waals surface area contributed by atoms with Gasteiger partial charge in [-0.25, -0.2) is 4.98 Å². The molecule has 3 aliphatic carbocycles. The van der Waals surface area contributed by atoms with Gasteiger partial charge < -0.3 is 10.1 Å². The van der Waals surface area contributed by atoms with Crippen LogP contribution in [0.25, 0.3) is 11.3 Å². The highest BCUT2D eigenvalue weighted by Gasteiger charge is 2.61. The lowest BCUT2D eigenvalue weighted by molar-refractivity contribution is -0.129. The van der Waals surface area contributed by atoms with Crippen molar-refractivity contribution in [2.24, 2.45) is 23.2 Å². The number of nitrogens with one attached hydrogen (secondary N) is 1. The molecule has 6 heteroatoms. The molecule has 2 heterocycles. The summed E-state index contributed by atoms with van der Waals surface area (Å²) in [6, 6.07) is 7.66. The van der Waals surface area contributed by atoms with E-state index in [1.54, 1.807) is 0 Å². The molecule has 1 atom stereocenters. The lowest BCUT2D eigenvalue weighted by Gasteiger charge is -2.37. The molecule has 1 saturated heterocycles. The molecule has 6 rings (SSSR count). The molecule has 1 N–H and O–H groups in total. The van der Waals surface area contributed by atoms with E-state index >= 15 is 0 Å². The van der Waals surface area contributed by atoms with E-state index in [-0.39, 0.29) is 11.3 Å². The topological polar surface area (TPSA) is 51.2 Å². The number of carbonyl (C=O) groups is 1. The molecule has 2 bridgehead atoms. The number of anilines is 1. The second kappa shape index (κ2) is 6.87. The average Bonchev–Trinajstić information content (AvgIpc) is 3.36. The van der Waals surface area contributed by atoms with Crippen molar-refractivity contribution >= 4 is 34.0 Å². The van der Waals surface area contributed by atoms with Crippen LogP contribution in [0.5, 0.6) is 0 Å². The minimum Gasteiger partial charge on any atom is -0.381 e. The largest absolute Gasteiger partial charge is 0.381 e. The Labute approximate surface area is 168 Å². The first-order valence-electron chi connectivity index (χ1n) is 9.74. The van der Waals surface area contributed by atoms with Crippen molar-refractivity contribution in [1.82, 2.24) is 4.98 Å². The number of aromatic nitrogens is 1. The van der Waals surface area contributed by atoms with Crippen LogP contribution in [0.2, 0.25) is 5.02 Å². The number of hydrogen-bond acceptors (Lipinski definition) is 4. The van der Waals surface area contributed by atoms with Gasteiger partial charge in [-0.1, -0.05) is 29.8 Å². The minimum atomic E-state index is -0.163. The van der Waals surface area contributed by atoms with E-state index in [1.807, 2.05) is 29.6 Å². The fourth-order valence-corrected chi connectivity index (χ4v) is 6.30. The number of amides is 1. The van der Waals surface area contributed by atoms with Crippen LogP contribution < -0.4 is 5.32 Å². The molecule has 2 aromatic rings. The van der Waals surface area contributed by atoms with Crippen molar-refractivity contribution in [3.8, 4) is 11.3 Å². The van der Waals surface area contributed by atoms with Crippen LogP contribution in [0.15, 0.2) is 29.6 Å². The number of benzene rings is 1. The molecular weight excluding hydrogens is 380 g/mol. The molecule has 1 amide bonds. The number of thiazole rings is 1. The van der Waals surface area contributed by atoms with Gasteiger partial charge in [0.1, 0.15) is 0 Å². The monoisotopic (exact) mass is 402 g/mol. The Hall–Kier alpha value is -1.43. The number of ether oxygens (including phenoxy) is 1. The van der Waals surface area contributed by atoms with E-state index in [4.69, 9.17) is 16.3 Å². The first-order valence-corrected chi connectivity index (χ1v) is 11.0. The number of fused-ring (bicyclic) bond motifs is 1. The number of carbonyl (C=O) groups excluding carboxylic acids is 1. The number of nitrogens with zero attached hydrogens (tertiary/aromatic N) is 1. The van der Waals surface area contributed by atoms with Crippen molar-refractivity contribution in [3.63, 3.8) is 0 Å². The maximum atomic E-state index is 13.0. The van der Waals surface area contributed by atoms with Crippen LogP contribution >= 0.6 is 22.9 Å². The van der Waals surface area contributed by atoms with Gasteiger partial charge in [0.2, 0.25) is 5.91 Å². The summed E-state index contributed by atoms with van der Waals surface area (Å²) in [5.74, 6) is 2.34. The van der Waals surface area contributed by atoms with Crippen LogP contribution in [0, 0.1) is 23.2 Å². The molecule has 1 aromatic carbocycles. The first kappa shape index (κ1) is 17.7. The normalized spacial score (nSPS) is 30.1. The van der Waals surface area contributed by atoms with Crippen LogP contribution in [0.1, 0.15) is 32.1 Å². The van der Waals surface area contributed by atoms with Gasteiger partial charge in [0.15, 0.2) is 5.13 Å². The molecule has 1 aromatic heterocycles. The maximum absolute atomic E-state index is 13.0. The summed E-state index contributed by atoms with van der Waals surface area (Å²) >= 11 is 7.73. The quantitative estimate of drug-likeness (QED) is 0.760. The van der Waals surface area contributed by atoms with Crippen LogP contribution in [-0.2, 0) is 9.53 Å². The first-order chi connectivity index (χ1) is 13.1. The molecule has 4 fully saturated rings. The maximum Gasteiger partial charge on any atom is 0.232 e. The van der Waals surface area contributed by atoms with Gasteiger partial charge in [0.05, 0.1) is 11.1 Å². The zero-order valence-electron chi connectivity index (χ0n) is 15.1. The van der Waals surface area contributed by atoms with Crippen molar-refractivity contribution in [2.45, 2.75) is 32.1 Å². The van der Waals surface area contributed by atoms with Gasteiger partial charge in [0, 0.05) is 29.2 Å². The predicted octanol–water partition coefficient (Wildman–Crippen LogP) is 5.24. The van der Waals surface area contributed by atoms with Crippen LogP contribution in [-0.4, -0.2) is 24.1 Å². The average molecular weight is 403 g/mol. The van der Waals surface area contributed by atoms with E-state index in [9.17, 15) is 4.79 Å². The van der Waals surface area contributed by atoms with Crippen LogP contribution in [0.3, 0.4) is 0 Å².